The number of hydrogen-bond acceptors (Lipinski definition) is 3. The number of hydrogen-bond donors (Lipinski definition) is 3. The molecule has 0 bridgehead atoms. The van der Waals surface area contributed by atoms with Gasteiger partial charge in [-0.2, -0.15) is 0 Å². The van der Waals surface area contributed by atoms with Crippen molar-refractivity contribution in [2.24, 2.45) is 0 Å². The van der Waals surface area contributed by atoms with Crippen LogP contribution in [0.4, 0.5) is 0 Å². The number of likely N-dealkylation sites (N-methyl/N-ethyl adjacent to an activating group) is 1. The van der Waals surface area contributed by atoms with Crippen LogP contribution in [0.1, 0.15) is 6.92 Å². The van der Waals surface area contributed by atoms with E-state index in [9.17, 15) is 4.79 Å². The van der Waals surface area contributed by atoms with Gasteiger partial charge in [0.1, 0.15) is 6.23 Å². The van der Waals surface area contributed by atoms with E-state index in [-0.39, 0.29) is 5.91 Å². The van der Waals surface area contributed by atoms with Crippen LogP contribution >= 0.6 is 0 Å². The Morgan fingerprint density at radius 3 is 2.91 bits per heavy atom. The highest BCUT2D eigenvalue weighted by molar-refractivity contribution is 5.86. The highest BCUT2D eigenvalue weighted by Crippen LogP contribution is 1.74. The van der Waals surface area contributed by atoms with Gasteiger partial charge in [0.05, 0.1) is 0 Å². The summed E-state index contributed by atoms with van der Waals surface area (Å²) in [5.74, 6) is -0.365. The Labute approximate surface area is 66.3 Å². The van der Waals surface area contributed by atoms with Crippen molar-refractivity contribution in [3.05, 3.63) is 12.7 Å². The SMILES string of the molecule is C=CC(=O)NC(O)CNCC. The first-order valence-corrected chi connectivity index (χ1v) is 3.52. The molecule has 0 fully saturated rings. The first-order chi connectivity index (χ1) is 5.20. The highest BCUT2D eigenvalue weighted by atomic mass is 16.3. The summed E-state index contributed by atoms with van der Waals surface area (Å²) >= 11 is 0. The third-order valence-corrected chi connectivity index (χ3v) is 1.08. The number of carbonyl (C=O) groups excluding carboxylic acids is 1. The molecule has 4 nitrogen and oxygen atoms in total. The van der Waals surface area contributed by atoms with Gasteiger partial charge in [0, 0.05) is 6.54 Å². The van der Waals surface area contributed by atoms with E-state index in [1.165, 1.54) is 0 Å². The minimum atomic E-state index is -0.833. The third kappa shape index (κ3) is 5.57. The van der Waals surface area contributed by atoms with Gasteiger partial charge in [0.15, 0.2) is 0 Å². The monoisotopic (exact) mass is 158 g/mol. The number of carbonyl (C=O) groups is 1. The molecule has 0 aliphatic heterocycles. The molecule has 4 heteroatoms. The fourth-order valence-corrected chi connectivity index (χ4v) is 0.555. The number of rotatable bonds is 5. The lowest BCUT2D eigenvalue weighted by Crippen LogP contribution is -2.41. The van der Waals surface area contributed by atoms with E-state index in [4.69, 9.17) is 5.11 Å². The zero-order valence-electron chi connectivity index (χ0n) is 6.63. The highest BCUT2D eigenvalue weighted by Gasteiger charge is 2.03. The van der Waals surface area contributed by atoms with Crippen LogP contribution in [0.25, 0.3) is 0 Å². The molecule has 0 aromatic heterocycles. The maximum Gasteiger partial charge on any atom is 0.245 e. The second-order valence-electron chi connectivity index (χ2n) is 2.04. The average molecular weight is 158 g/mol. The fraction of sp³-hybridized carbons (Fsp3) is 0.571. The van der Waals surface area contributed by atoms with Crippen LogP contribution in [0.2, 0.25) is 0 Å². The molecule has 0 rings (SSSR count). The molecule has 0 aromatic rings. The van der Waals surface area contributed by atoms with Crippen LogP contribution in [-0.2, 0) is 4.79 Å². The molecule has 0 aromatic carbocycles. The van der Waals surface area contributed by atoms with Gasteiger partial charge < -0.3 is 15.7 Å². The van der Waals surface area contributed by atoms with Crippen molar-refractivity contribution in [1.29, 1.82) is 0 Å². The molecule has 11 heavy (non-hydrogen) atoms. The van der Waals surface area contributed by atoms with Gasteiger partial charge in [-0.25, -0.2) is 0 Å². The molecule has 0 saturated carbocycles. The van der Waals surface area contributed by atoms with E-state index < -0.39 is 6.23 Å². The van der Waals surface area contributed by atoms with Gasteiger partial charge in [0.25, 0.3) is 0 Å². The van der Waals surface area contributed by atoms with Gasteiger partial charge >= 0.3 is 0 Å². The lowest BCUT2D eigenvalue weighted by atomic mass is 10.5. The van der Waals surface area contributed by atoms with E-state index in [1.54, 1.807) is 0 Å². The first kappa shape index (κ1) is 10.1. The van der Waals surface area contributed by atoms with Crippen molar-refractivity contribution in [1.82, 2.24) is 10.6 Å². The van der Waals surface area contributed by atoms with Crippen LogP contribution in [0, 0.1) is 0 Å². The summed E-state index contributed by atoms with van der Waals surface area (Å²) in [5.41, 5.74) is 0. The second kappa shape index (κ2) is 5.88. The van der Waals surface area contributed by atoms with Crippen molar-refractivity contribution in [2.45, 2.75) is 13.2 Å². The Bertz CT molecular complexity index is 136. The number of nitrogens with one attached hydrogen (secondary N) is 2. The quantitative estimate of drug-likeness (QED) is 0.363. The smallest absolute Gasteiger partial charge is 0.245 e. The summed E-state index contributed by atoms with van der Waals surface area (Å²) in [4.78, 5) is 10.6. The van der Waals surface area contributed by atoms with Crippen LogP contribution < -0.4 is 10.6 Å². The molecule has 3 N–H and O–H groups in total. The van der Waals surface area contributed by atoms with Crippen LogP contribution in [0.5, 0.6) is 0 Å². The number of aliphatic hydroxyl groups is 1. The predicted molar refractivity (Wildman–Crippen MR) is 42.9 cm³/mol. The largest absolute Gasteiger partial charge is 0.372 e. The van der Waals surface area contributed by atoms with Crippen molar-refractivity contribution >= 4 is 5.91 Å². The average Bonchev–Trinajstić information content (AvgIpc) is 2.00. The van der Waals surface area contributed by atoms with Gasteiger partial charge in [-0.1, -0.05) is 13.5 Å². The van der Waals surface area contributed by atoms with Gasteiger partial charge in [-0.05, 0) is 12.6 Å². The van der Waals surface area contributed by atoms with E-state index in [2.05, 4.69) is 17.2 Å². The van der Waals surface area contributed by atoms with Crippen molar-refractivity contribution in [3.8, 4) is 0 Å². The summed E-state index contributed by atoms with van der Waals surface area (Å²) in [6.45, 7) is 6.29. The fourth-order valence-electron chi connectivity index (χ4n) is 0.555. The molecule has 0 radical (unpaired) electrons. The Balaban J connectivity index is 3.43. The molecule has 0 aliphatic rings. The zero-order valence-corrected chi connectivity index (χ0v) is 6.63. The van der Waals surface area contributed by atoms with Crippen molar-refractivity contribution in [2.75, 3.05) is 13.1 Å². The van der Waals surface area contributed by atoms with E-state index >= 15 is 0 Å². The lowest BCUT2D eigenvalue weighted by Gasteiger charge is -2.10. The van der Waals surface area contributed by atoms with E-state index in [0.717, 1.165) is 12.6 Å². The summed E-state index contributed by atoms with van der Waals surface area (Å²) < 4.78 is 0. The Morgan fingerprint density at radius 2 is 2.45 bits per heavy atom. The third-order valence-electron chi connectivity index (χ3n) is 1.08. The summed E-state index contributed by atoms with van der Waals surface area (Å²) in [6, 6.07) is 0. The molecule has 0 saturated heterocycles. The molecular formula is C7H14N2O2. The number of amides is 1. The molecule has 0 aliphatic carbocycles. The summed E-state index contributed by atoms with van der Waals surface area (Å²) in [6.07, 6.45) is 0.287. The molecule has 0 spiro atoms. The maximum atomic E-state index is 10.6. The Morgan fingerprint density at radius 1 is 1.82 bits per heavy atom. The molecular weight excluding hydrogens is 144 g/mol. The molecule has 1 amide bonds. The van der Waals surface area contributed by atoms with Crippen LogP contribution in [-0.4, -0.2) is 30.3 Å². The zero-order chi connectivity index (χ0) is 8.69. The van der Waals surface area contributed by atoms with E-state index in [1.807, 2.05) is 6.92 Å². The standard InChI is InChI=1S/C7H14N2O2/c1-3-6(10)9-7(11)5-8-4-2/h3,7-8,11H,1,4-5H2,2H3,(H,9,10). The summed E-state index contributed by atoms with van der Waals surface area (Å²) in [5, 5.41) is 14.2. The lowest BCUT2D eigenvalue weighted by molar-refractivity contribution is -0.119. The minimum absolute atomic E-state index is 0.357. The van der Waals surface area contributed by atoms with Gasteiger partial charge in [-0.3, -0.25) is 4.79 Å². The predicted octanol–water partition coefficient (Wildman–Crippen LogP) is -0.783. The molecule has 0 heterocycles. The maximum absolute atomic E-state index is 10.6. The second-order valence-corrected chi connectivity index (χ2v) is 2.04. The van der Waals surface area contributed by atoms with Crippen molar-refractivity contribution in [3.63, 3.8) is 0 Å². The van der Waals surface area contributed by atoms with Gasteiger partial charge in [0.2, 0.25) is 5.91 Å². The van der Waals surface area contributed by atoms with Crippen LogP contribution in [0.15, 0.2) is 12.7 Å². The number of aliphatic hydroxyl groups excluding tert-OH is 1. The van der Waals surface area contributed by atoms with Crippen LogP contribution in [0.3, 0.4) is 0 Å². The van der Waals surface area contributed by atoms with Gasteiger partial charge in [-0.15, -0.1) is 0 Å². The topological polar surface area (TPSA) is 61.4 Å². The normalized spacial score (nSPS) is 12.2. The summed E-state index contributed by atoms with van der Waals surface area (Å²) in [7, 11) is 0. The first-order valence-electron chi connectivity index (χ1n) is 3.52. The molecule has 1 atom stereocenters. The minimum Gasteiger partial charge on any atom is -0.372 e. The van der Waals surface area contributed by atoms with Crippen molar-refractivity contribution < 1.29 is 9.90 Å². The molecule has 1 unspecified atom stereocenters. The Kier molecular flexibility index (Phi) is 5.42. The Hall–Kier alpha value is -0.870. The molecule has 64 valence electrons. The van der Waals surface area contributed by atoms with E-state index in [0.29, 0.717) is 6.54 Å².